The molecule has 0 aliphatic heterocycles. The van der Waals surface area contributed by atoms with Gasteiger partial charge in [-0.3, -0.25) is 4.99 Å². The Labute approximate surface area is 92.7 Å². The fourth-order valence-corrected chi connectivity index (χ4v) is 1.72. The molecule has 0 radical (unpaired) electrons. The molecular formula is C13H21NO. The number of aliphatic imine (C=N–C) groups is 1. The summed E-state index contributed by atoms with van der Waals surface area (Å²) in [6.07, 6.45) is 7.81. The summed E-state index contributed by atoms with van der Waals surface area (Å²) >= 11 is 0. The topological polar surface area (TPSA) is 21.6 Å². The van der Waals surface area contributed by atoms with Gasteiger partial charge < -0.3 is 4.74 Å². The molecule has 1 aliphatic carbocycles. The van der Waals surface area contributed by atoms with E-state index in [0.717, 1.165) is 11.3 Å². The predicted molar refractivity (Wildman–Crippen MR) is 65.2 cm³/mol. The first kappa shape index (κ1) is 12.2. The lowest BCUT2D eigenvalue weighted by Crippen LogP contribution is -2.30. The van der Waals surface area contributed by atoms with Crippen molar-refractivity contribution >= 4 is 6.21 Å². The average molecular weight is 207 g/mol. The van der Waals surface area contributed by atoms with Crippen molar-refractivity contribution in [3.05, 3.63) is 23.9 Å². The molecule has 0 aromatic rings. The number of hydrogen-bond donors (Lipinski definition) is 0. The van der Waals surface area contributed by atoms with Gasteiger partial charge in [-0.05, 0) is 38.2 Å². The van der Waals surface area contributed by atoms with Gasteiger partial charge in [0.2, 0.25) is 0 Å². The Kier molecular flexibility index (Phi) is 4.76. The van der Waals surface area contributed by atoms with Gasteiger partial charge in [0.15, 0.2) is 0 Å². The van der Waals surface area contributed by atoms with Crippen molar-refractivity contribution in [3.8, 4) is 0 Å². The highest BCUT2D eigenvalue weighted by Crippen LogP contribution is 2.33. The minimum Gasteiger partial charge on any atom is -0.376 e. The molecule has 0 saturated heterocycles. The van der Waals surface area contributed by atoms with Crippen molar-refractivity contribution in [1.82, 2.24) is 0 Å². The van der Waals surface area contributed by atoms with Gasteiger partial charge in [0.1, 0.15) is 0 Å². The fraction of sp³-hybridized carbons (Fsp3) is 0.615. The molecule has 0 heterocycles. The van der Waals surface area contributed by atoms with Crippen molar-refractivity contribution in [2.45, 2.75) is 39.2 Å². The molecule has 1 fully saturated rings. The highest BCUT2D eigenvalue weighted by atomic mass is 16.5. The smallest absolute Gasteiger partial charge is 0.0858 e. The van der Waals surface area contributed by atoms with Crippen molar-refractivity contribution in [2.75, 3.05) is 7.11 Å². The molecule has 2 nitrogen and oxygen atoms in total. The first-order valence-corrected chi connectivity index (χ1v) is 5.57. The number of hydrogen-bond acceptors (Lipinski definition) is 2. The van der Waals surface area contributed by atoms with Gasteiger partial charge in [0.25, 0.3) is 0 Å². The highest BCUT2D eigenvalue weighted by Gasteiger charge is 2.28. The Morgan fingerprint density at radius 1 is 1.53 bits per heavy atom. The zero-order chi connectivity index (χ0) is 11.3. The largest absolute Gasteiger partial charge is 0.376 e. The van der Waals surface area contributed by atoms with Crippen LogP contribution in [0.25, 0.3) is 0 Å². The van der Waals surface area contributed by atoms with Crippen LogP contribution >= 0.6 is 0 Å². The summed E-state index contributed by atoms with van der Waals surface area (Å²) in [6, 6.07) is 0. The van der Waals surface area contributed by atoms with E-state index in [1.165, 1.54) is 19.3 Å². The van der Waals surface area contributed by atoms with E-state index in [4.69, 9.17) is 4.74 Å². The molecule has 1 aliphatic rings. The molecule has 1 saturated carbocycles. The van der Waals surface area contributed by atoms with Gasteiger partial charge >= 0.3 is 0 Å². The van der Waals surface area contributed by atoms with Crippen LogP contribution in [0.3, 0.4) is 0 Å². The van der Waals surface area contributed by atoms with E-state index in [0.29, 0.717) is 5.92 Å². The van der Waals surface area contributed by atoms with Gasteiger partial charge in [-0.15, -0.1) is 0 Å². The van der Waals surface area contributed by atoms with E-state index in [9.17, 15) is 0 Å². The Hall–Kier alpha value is -0.890. The SMILES string of the molecule is C=C(C=N/C(C)=C\C)C(OC)C1CCC1. The van der Waals surface area contributed by atoms with Crippen LogP contribution in [0.1, 0.15) is 33.1 Å². The first-order chi connectivity index (χ1) is 7.19. The molecule has 0 bridgehead atoms. The second kappa shape index (κ2) is 5.86. The number of rotatable bonds is 5. The van der Waals surface area contributed by atoms with E-state index < -0.39 is 0 Å². The maximum atomic E-state index is 5.47. The van der Waals surface area contributed by atoms with Gasteiger partial charge in [0.05, 0.1) is 6.10 Å². The lowest BCUT2D eigenvalue weighted by molar-refractivity contribution is 0.0499. The Morgan fingerprint density at radius 3 is 2.60 bits per heavy atom. The quantitative estimate of drug-likeness (QED) is 0.633. The molecule has 0 aromatic carbocycles. The second-order valence-corrected chi connectivity index (χ2v) is 4.11. The van der Waals surface area contributed by atoms with E-state index in [2.05, 4.69) is 11.6 Å². The Balaban J connectivity index is 2.53. The number of allylic oxidation sites excluding steroid dienone is 2. The van der Waals surface area contributed by atoms with Gasteiger partial charge in [0, 0.05) is 19.0 Å². The highest BCUT2D eigenvalue weighted by molar-refractivity contribution is 5.79. The molecule has 84 valence electrons. The van der Waals surface area contributed by atoms with Crippen LogP contribution < -0.4 is 0 Å². The minimum atomic E-state index is 0.159. The van der Waals surface area contributed by atoms with E-state index in [1.54, 1.807) is 7.11 Å². The zero-order valence-corrected chi connectivity index (χ0v) is 9.99. The van der Waals surface area contributed by atoms with E-state index in [-0.39, 0.29) is 6.10 Å². The number of methoxy groups -OCH3 is 1. The standard InChI is InChI=1S/C13H21NO/c1-5-11(3)14-9-10(2)13(15-4)12-7-6-8-12/h5,9,12-13H,2,6-8H2,1,3-4H3/b11-5-,14-9?. The monoisotopic (exact) mass is 207 g/mol. The van der Waals surface area contributed by atoms with Crippen LogP contribution in [-0.4, -0.2) is 19.4 Å². The van der Waals surface area contributed by atoms with Gasteiger partial charge in [-0.2, -0.15) is 0 Å². The molecule has 15 heavy (non-hydrogen) atoms. The molecule has 2 heteroatoms. The average Bonchev–Trinajstić information content (AvgIpc) is 2.18. The maximum absolute atomic E-state index is 5.47. The van der Waals surface area contributed by atoms with Crippen LogP contribution in [0.5, 0.6) is 0 Å². The van der Waals surface area contributed by atoms with Crippen LogP contribution in [0, 0.1) is 5.92 Å². The van der Waals surface area contributed by atoms with Gasteiger partial charge in [-0.1, -0.05) is 19.1 Å². The summed E-state index contributed by atoms with van der Waals surface area (Å²) in [6.45, 7) is 8.00. The lowest BCUT2D eigenvalue weighted by atomic mass is 9.79. The Bertz CT molecular complexity index is 274. The lowest BCUT2D eigenvalue weighted by Gasteiger charge is -2.32. The minimum absolute atomic E-state index is 0.159. The van der Waals surface area contributed by atoms with Crippen LogP contribution in [0.4, 0.5) is 0 Å². The summed E-state index contributed by atoms with van der Waals surface area (Å²) in [7, 11) is 1.75. The molecular weight excluding hydrogens is 186 g/mol. The molecule has 1 atom stereocenters. The third kappa shape index (κ3) is 3.31. The summed E-state index contributed by atoms with van der Waals surface area (Å²) in [5.41, 5.74) is 2.00. The molecule has 1 rings (SSSR count). The van der Waals surface area contributed by atoms with Crippen LogP contribution in [0.15, 0.2) is 28.9 Å². The molecule has 0 amide bonds. The first-order valence-electron chi connectivity index (χ1n) is 5.57. The maximum Gasteiger partial charge on any atom is 0.0858 e. The normalized spacial score (nSPS) is 20.3. The molecule has 0 spiro atoms. The third-order valence-corrected chi connectivity index (χ3v) is 3.05. The molecule has 0 aromatic heterocycles. The summed E-state index contributed by atoms with van der Waals surface area (Å²) in [5.74, 6) is 0.653. The summed E-state index contributed by atoms with van der Waals surface area (Å²) in [5, 5.41) is 0. The zero-order valence-electron chi connectivity index (χ0n) is 9.99. The number of nitrogens with zero attached hydrogens (tertiary/aromatic N) is 1. The van der Waals surface area contributed by atoms with E-state index in [1.807, 2.05) is 26.1 Å². The van der Waals surface area contributed by atoms with Crippen molar-refractivity contribution < 1.29 is 4.74 Å². The second-order valence-electron chi connectivity index (χ2n) is 4.11. The Morgan fingerprint density at radius 2 is 2.20 bits per heavy atom. The number of ether oxygens (including phenoxy) is 1. The fourth-order valence-electron chi connectivity index (χ4n) is 1.72. The third-order valence-electron chi connectivity index (χ3n) is 3.05. The van der Waals surface area contributed by atoms with Crippen molar-refractivity contribution in [3.63, 3.8) is 0 Å². The van der Waals surface area contributed by atoms with E-state index >= 15 is 0 Å². The van der Waals surface area contributed by atoms with Crippen molar-refractivity contribution in [1.29, 1.82) is 0 Å². The van der Waals surface area contributed by atoms with Crippen LogP contribution in [-0.2, 0) is 4.74 Å². The summed E-state index contributed by atoms with van der Waals surface area (Å²) in [4.78, 5) is 4.31. The van der Waals surface area contributed by atoms with Crippen molar-refractivity contribution in [2.24, 2.45) is 10.9 Å². The molecule has 1 unspecified atom stereocenters. The molecule has 0 N–H and O–H groups in total. The van der Waals surface area contributed by atoms with Gasteiger partial charge in [-0.25, -0.2) is 0 Å². The summed E-state index contributed by atoms with van der Waals surface area (Å²) < 4.78 is 5.47. The predicted octanol–water partition coefficient (Wildman–Crippen LogP) is 3.35. The van der Waals surface area contributed by atoms with Crippen LogP contribution in [0.2, 0.25) is 0 Å².